The summed E-state index contributed by atoms with van der Waals surface area (Å²) in [7, 11) is -2.26. The molecular formula is C24H21ClN2O4S. The molecule has 1 aromatic heterocycles. The lowest BCUT2D eigenvalue weighted by Crippen LogP contribution is -2.09. The van der Waals surface area contributed by atoms with Crippen LogP contribution in [0, 0.1) is 0 Å². The Morgan fingerprint density at radius 3 is 2.31 bits per heavy atom. The van der Waals surface area contributed by atoms with Crippen molar-refractivity contribution in [2.75, 3.05) is 19.0 Å². The van der Waals surface area contributed by atoms with Crippen LogP contribution in [0.1, 0.15) is 5.56 Å². The van der Waals surface area contributed by atoms with Crippen molar-refractivity contribution in [1.29, 1.82) is 0 Å². The quantitative estimate of drug-likeness (QED) is 0.368. The van der Waals surface area contributed by atoms with Crippen molar-refractivity contribution in [1.82, 2.24) is 4.98 Å². The van der Waals surface area contributed by atoms with Gasteiger partial charge in [-0.1, -0.05) is 41.9 Å². The molecule has 0 aliphatic rings. The Bertz CT molecular complexity index is 1290. The van der Waals surface area contributed by atoms with Crippen LogP contribution in [0.3, 0.4) is 0 Å². The molecule has 4 aromatic rings. The number of halogens is 1. The van der Waals surface area contributed by atoms with Gasteiger partial charge in [0.2, 0.25) is 26.6 Å². The third-order valence-electron chi connectivity index (χ3n) is 4.85. The smallest absolute Gasteiger partial charge is 0.233 e. The Morgan fingerprint density at radius 1 is 0.969 bits per heavy atom. The summed E-state index contributed by atoms with van der Waals surface area (Å²) in [6.45, 7) is 0.457. The van der Waals surface area contributed by atoms with E-state index in [1.807, 2.05) is 24.3 Å². The molecule has 0 spiro atoms. The topological polar surface area (TPSA) is 81.4 Å². The van der Waals surface area contributed by atoms with E-state index in [1.54, 1.807) is 49.6 Å². The predicted molar refractivity (Wildman–Crippen MR) is 124 cm³/mol. The van der Waals surface area contributed by atoms with E-state index in [4.69, 9.17) is 20.8 Å². The molecule has 0 unspecified atom stereocenters. The molecule has 0 radical (unpaired) electrons. The van der Waals surface area contributed by atoms with E-state index in [0.29, 0.717) is 23.6 Å². The number of benzene rings is 3. The number of nitrogens with zero attached hydrogens (tertiary/aromatic N) is 1. The van der Waals surface area contributed by atoms with E-state index in [9.17, 15) is 8.42 Å². The maximum absolute atomic E-state index is 13.3. The van der Waals surface area contributed by atoms with Crippen LogP contribution >= 0.6 is 11.6 Å². The number of hydrogen-bond donors (Lipinski definition) is 1. The first-order chi connectivity index (χ1) is 15.5. The van der Waals surface area contributed by atoms with Gasteiger partial charge in [0.15, 0.2) is 0 Å². The summed E-state index contributed by atoms with van der Waals surface area (Å²) in [5.41, 5.74) is 1.70. The van der Waals surface area contributed by atoms with Crippen LogP contribution in [-0.2, 0) is 16.3 Å². The fourth-order valence-electron chi connectivity index (χ4n) is 3.14. The van der Waals surface area contributed by atoms with Crippen molar-refractivity contribution in [3.05, 3.63) is 89.4 Å². The molecule has 32 heavy (non-hydrogen) atoms. The third-order valence-corrected chi connectivity index (χ3v) is 6.78. The van der Waals surface area contributed by atoms with Gasteiger partial charge >= 0.3 is 0 Å². The molecule has 1 heterocycles. The minimum Gasteiger partial charge on any atom is -0.497 e. The fraction of sp³-hybridized carbons (Fsp3) is 0.125. The summed E-state index contributed by atoms with van der Waals surface area (Å²) < 4.78 is 37.6. The van der Waals surface area contributed by atoms with Crippen LogP contribution in [-0.4, -0.2) is 27.1 Å². The minimum absolute atomic E-state index is 0.104. The highest BCUT2D eigenvalue weighted by Gasteiger charge is 2.28. The molecule has 4 rings (SSSR count). The first kappa shape index (κ1) is 21.9. The summed E-state index contributed by atoms with van der Waals surface area (Å²) in [5, 5.41) is 3.52. The number of sulfone groups is 1. The van der Waals surface area contributed by atoms with Crippen LogP contribution in [0.25, 0.3) is 11.5 Å². The lowest BCUT2D eigenvalue weighted by Gasteiger charge is -2.07. The highest BCUT2D eigenvalue weighted by atomic mass is 35.5. The van der Waals surface area contributed by atoms with Crippen molar-refractivity contribution < 1.29 is 17.6 Å². The lowest BCUT2D eigenvalue weighted by atomic mass is 10.1. The van der Waals surface area contributed by atoms with Crippen LogP contribution < -0.4 is 10.1 Å². The van der Waals surface area contributed by atoms with Gasteiger partial charge in [-0.3, -0.25) is 0 Å². The van der Waals surface area contributed by atoms with Crippen LogP contribution in [0.4, 0.5) is 5.88 Å². The molecule has 8 heteroatoms. The Kier molecular flexibility index (Phi) is 6.48. The molecule has 0 bridgehead atoms. The molecule has 1 N–H and O–H groups in total. The lowest BCUT2D eigenvalue weighted by molar-refractivity contribution is 0.414. The van der Waals surface area contributed by atoms with Gasteiger partial charge in [0.1, 0.15) is 5.75 Å². The number of nitrogens with one attached hydrogen (secondary N) is 1. The zero-order valence-electron chi connectivity index (χ0n) is 17.3. The van der Waals surface area contributed by atoms with E-state index < -0.39 is 9.84 Å². The highest BCUT2D eigenvalue weighted by Crippen LogP contribution is 2.32. The second-order valence-corrected chi connectivity index (χ2v) is 9.30. The van der Waals surface area contributed by atoms with Crippen LogP contribution in [0.2, 0.25) is 5.02 Å². The van der Waals surface area contributed by atoms with Gasteiger partial charge in [0.05, 0.1) is 12.0 Å². The minimum atomic E-state index is -3.88. The Balaban J connectivity index is 1.63. The van der Waals surface area contributed by atoms with Crippen molar-refractivity contribution in [2.45, 2.75) is 16.3 Å². The average Bonchev–Trinajstić information content (AvgIpc) is 3.25. The molecule has 0 amide bonds. The number of anilines is 1. The van der Waals surface area contributed by atoms with Crippen molar-refractivity contribution in [2.24, 2.45) is 0 Å². The molecule has 164 valence electrons. The third kappa shape index (κ3) is 4.79. The maximum atomic E-state index is 13.3. The standard InChI is InChI=1S/C24H21ClN2O4S/c1-30-20-13-7-17(8-14-20)15-16-26-23-24(32(28,29)21-5-3-2-4-6-21)27-22(31-23)18-9-11-19(25)12-10-18/h2-14,26H,15-16H2,1H3. The number of aromatic nitrogens is 1. The zero-order valence-corrected chi connectivity index (χ0v) is 18.9. The van der Waals surface area contributed by atoms with Crippen molar-refractivity contribution >= 4 is 27.3 Å². The first-order valence-electron chi connectivity index (χ1n) is 9.91. The molecule has 0 saturated heterocycles. The van der Waals surface area contributed by atoms with Gasteiger partial charge in [-0.05, 0) is 60.5 Å². The molecule has 0 atom stereocenters. The van der Waals surface area contributed by atoms with E-state index >= 15 is 0 Å². The molecule has 6 nitrogen and oxygen atoms in total. The van der Waals surface area contributed by atoms with E-state index in [-0.39, 0.29) is 21.7 Å². The summed E-state index contributed by atoms with van der Waals surface area (Å²) in [4.78, 5) is 4.48. The SMILES string of the molecule is COc1ccc(CCNc2oc(-c3ccc(Cl)cc3)nc2S(=O)(=O)c2ccccc2)cc1. The molecule has 0 fully saturated rings. The number of methoxy groups -OCH3 is 1. The van der Waals surface area contributed by atoms with Crippen molar-refractivity contribution in [3.8, 4) is 17.2 Å². The summed E-state index contributed by atoms with van der Waals surface area (Å²) in [5.74, 6) is 1.08. The van der Waals surface area contributed by atoms with Gasteiger partial charge in [-0.25, -0.2) is 8.42 Å². The molecule has 0 saturated carbocycles. The van der Waals surface area contributed by atoms with Crippen LogP contribution in [0.5, 0.6) is 5.75 Å². The van der Waals surface area contributed by atoms with E-state index in [0.717, 1.165) is 11.3 Å². The Hall–Kier alpha value is -3.29. The molecule has 0 aliphatic carbocycles. The Morgan fingerprint density at radius 2 is 1.66 bits per heavy atom. The fourth-order valence-corrected chi connectivity index (χ4v) is 4.57. The predicted octanol–water partition coefficient (Wildman–Crippen LogP) is 5.49. The summed E-state index contributed by atoms with van der Waals surface area (Å²) in [6, 6.07) is 22.7. The number of oxazole rings is 1. The van der Waals surface area contributed by atoms with Gasteiger partial charge in [0, 0.05) is 17.1 Å². The van der Waals surface area contributed by atoms with Crippen molar-refractivity contribution in [3.63, 3.8) is 0 Å². The van der Waals surface area contributed by atoms with Gasteiger partial charge in [0.25, 0.3) is 0 Å². The zero-order chi connectivity index (χ0) is 22.6. The van der Waals surface area contributed by atoms with Gasteiger partial charge in [-0.15, -0.1) is 0 Å². The Labute approximate surface area is 191 Å². The number of rotatable bonds is 8. The summed E-state index contributed by atoms with van der Waals surface area (Å²) in [6.07, 6.45) is 0.659. The van der Waals surface area contributed by atoms with E-state index in [1.165, 1.54) is 12.1 Å². The molecule has 0 aliphatic heterocycles. The number of hydrogen-bond acceptors (Lipinski definition) is 6. The first-order valence-corrected chi connectivity index (χ1v) is 11.8. The highest BCUT2D eigenvalue weighted by molar-refractivity contribution is 7.91. The average molecular weight is 469 g/mol. The molecule has 3 aromatic carbocycles. The van der Waals surface area contributed by atoms with Crippen LogP contribution in [0.15, 0.2) is 93.2 Å². The van der Waals surface area contributed by atoms with E-state index in [2.05, 4.69) is 10.3 Å². The second kappa shape index (κ2) is 9.46. The van der Waals surface area contributed by atoms with Gasteiger partial charge in [-0.2, -0.15) is 4.98 Å². The normalized spacial score (nSPS) is 11.3. The maximum Gasteiger partial charge on any atom is 0.233 e. The summed E-state index contributed by atoms with van der Waals surface area (Å²) >= 11 is 5.97. The van der Waals surface area contributed by atoms with Gasteiger partial charge < -0.3 is 14.5 Å². The number of ether oxygens (including phenoxy) is 1. The monoisotopic (exact) mass is 468 g/mol. The largest absolute Gasteiger partial charge is 0.497 e. The second-order valence-electron chi connectivity index (χ2n) is 7.00. The molecular weight excluding hydrogens is 448 g/mol.